The van der Waals surface area contributed by atoms with Crippen molar-refractivity contribution in [3.8, 4) is 0 Å². The van der Waals surface area contributed by atoms with Crippen LogP contribution in [0.25, 0.3) is 10.8 Å². The van der Waals surface area contributed by atoms with Gasteiger partial charge in [-0.2, -0.15) is 0 Å². The van der Waals surface area contributed by atoms with Gasteiger partial charge in [0, 0.05) is 5.02 Å². The van der Waals surface area contributed by atoms with E-state index in [1.165, 1.54) is 55.7 Å². The molecule has 2 aliphatic rings. The molecule has 0 heterocycles. The Hall–Kier alpha value is -1.01. The van der Waals surface area contributed by atoms with Crippen LogP contribution >= 0.6 is 11.6 Å². The van der Waals surface area contributed by atoms with Gasteiger partial charge in [0.15, 0.2) is 0 Å². The summed E-state index contributed by atoms with van der Waals surface area (Å²) in [5.41, 5.74) is 1.55. The molecule has 23 heavy (non-hydrogen) atoms. The highest BCUT2D eigenvalue weighted by atomic mass is 35.5. The Morgan fingerprint density at radius 1 is 0.870 bits per heavy atom. The summed E-state index contributed by atoms with van der Waals surface area (Å²) in [5.74, 6) is 3.79. The number of rotatable bonds is 2. The lowest BCUT2D eigenvalue weighted by atomic mass is 9.63. The van der Waals surface area contributed by atoms with E-state index in [0.29, 0.717) is 0 Å². The van der Waals surface area contributed by atoms with Crippen molar-refractivity contribution in [1.29, 1.82) is 0 Å². The van der Waals surface area contributed by atoms with Gasteiger partial charge >= 0.3 is 0 Å². The van der Waals surface area contributed by atoms with E-state index in [4.69, 9.17) is 11.6 Å². The van der Waals surface area contributed by atoms with E-state index in [-0.39, 0.29) is 0 Å². The minimum absolute atomic E-state index is 0.773. The molecule has 0 N–H and O–H groups in total. The molecule has 0 spiro atoms. The number of fused-ring (bicyclic) bond motifs is 2. The van der Waals surface area contributed by atoms with Crippen LogP contribution in [0.1, 0.15) is 63.4 Å². The predicted octanol–water partition coefficient (Wildman–Crippen LogP) is 7.20. The summed E-state index contributed by atoms with van der Waals surface area (Å²) in [6.07, 6.45) is 10.1. The average molecular weight is 327 g/mol. The molecule has 1 heteroatoms. The van der Waals surface area contributed by atoms with Gasteiger partial charge in [-0.1, -0.05) is 55.6 Å². The summed E-state index contributed by atoms with van der Waals surface area (Å²) in [6.45, 7) is 2.37. The first-order valence-electron chi connectivity index (χ1n) is 9.42. The molecule has 0 aromatic heterocycles. The van der Waals surface area contributed by atoms with Crippen molar-refractivity contribution in [2.45, 2.75) is 57.8 Å². The molecular formula is C22H27Cl. The Kier molecular flexibility index (Phi) is 4.37. The zero-order valence-corrected chi connectivity index (χ0v) is 14.9. The Bertz CT molecular complexity index is 689. The number of halogens is 1. The van der Waals surface area contributed by atoms with Gasteiger partial charge in [-0.05, 0) is 84.2 Å². The highest BCUT2D eigenvalue weighted by Crippen LogP contribution is 2.48. The quantitative estimate of drug-likeness (QED) is 0.547. The summed E-state index contributed by atoms with van der Waals surface area (Å²) in [4.78, 5) is 0. The highest BCUT2D eigenvalue weighted by molar-refractivity contribution is 6.31. The highest BCUT2D eigenvalue weighted by Gasteiger charge is 2.35. The van der Waals surface area contributed by atoms with Crippen LogP contribution in [0.5, 0.6) is 0 Å². The lowest BCUT2D eigenvalue weighted by Crippen LogP contribution is -2.30. The third-order valence-electron chi connectivity index (χ3n) is 6.60. The molecule has 0 radical (unpaired) electrons. The predicted molar refractivity (Wildman–Crippen MR) is 100 cm³/mol. The maximum atomic E-state index is 6.11. The number of hydrogen-bond acceptors (Lipinski definition) is 0. The fourth-order valence-corrected chi connectivity index (χ4v) is 5.33. The van der Waals surface area contributed by atoms with Gasteiger partial charge in [-0.25, -0.2) is 0 Å². The molecule has 0 aliphatic heterocycles. The lowest BCUT2D eigenvalue weighted by Gasteiger charge is -2.42. The van der Waals surface area contributed by atoms with Crippen LogP contribution in [0.3, 0.4) is 0 Å². The molecule has 0 bridgehead atoms. The van der Waals surface area contributed by atoms with Crippen molar-refractivity contribution in [2.24, 2.45) is 17.8 Å². The SMILES string of the molecule is CC[C@@H]1CC[C@@H]2CC(c3ccc4cc(Cl)ccc4c3)CCC2C1. The topological polar surface area (TPSA) is 0 Å². The lowest BCUT2D eigenvalue weighted by molar-refractivity contribution is 0.116. The smallest absolute Gasteiger partial charge is 0.0412 e. The first-order valence-corrected chi connectivity index (χ1v) is 9.80. The molecule has 4 atom stereocenters. The summed E-state index contributed by atoms with van der Waals surface area (Å²) >= 11 is 6.11. The normalized spacial score (nSPS) is 31.0. The van der Waals surface area contributed by atoms with Crippen molar-refractivity contribution >= 4 is 22.4 Å². The van der Waals surface area contributed by atoms with Crippen LogP contribution in [0.2, 0.25) is 5.02 Å². The largest absolute Gasteiger partial charge is 0.0843 e. The second-order valence-corrected chi connectivity index (χ2v) is 8.30. The van der Waals surface area contributed by atoms with Crippen molar-refractivity contribution < 1.29 is 0 Å². The third-order valence-corrected chi connectivity index (χ3v) is 6.83. The van der Waals surface area contributed by atoms with E-state index < -0.39 is 0 Å². The zero-order chi connectivity index (χ0) is 15.8. The minimum atomic E-state index is 0.773. The van der Waals surface area contributed by atoms with E-state index >= 15 is 0 Å². The van der Waals surface area contributed by atoms with Gasteiger partial charge in [-0.15, -0.1) is 0 Å². The van der Waals surface area contributed by atoms with Gasteiger partial charge in [0.05, 0.1) is 0 Å². The Morgan fingerprint density at radius 2 is 1.61 bits per heavy atom. The molecular weight excluding hydrogens is 300 g/mol. The summed E-state index contributed by atoms with van der Waals surface area (Å²) < 4.78 is 0. The molecule has 2 fully saturated rings. The zero-order valence-electron chi connectivity index (χ0n) is 14.1. The Morgan fingerprint density at radius 3 is 2.48 bits per heavy atom. The van der Waals surface area contributed by atoms with Gasteiger partial charge < -0.3 is 0 Å². The van der Waals surface area contributed by atoms with Crippen LogP contribution in [0.4, 0.5) is 0 Å². The van der Waals surface area contributed by atoms with E-state index in [2.05, 4.69) is 37.3 Å². The second-order valence-electron chi connectivity index (χ2n) is 7.87. The van der Waals surface area contributed by atoms with Gasteiger partial charge in [-0.3, -0.25) is 0 Å². The monoisotopic (exact) mass is 326 g/mol. The molecule has 0 nitrogen and oxygen atoms in total. The first kappa shape index (κ1) is 15.5. The minimum Gasteiger partial charge on any atom is -0.0843 e. The van der Waals surface area contributed by atoms with E-state index in [1.54, 1.807) is 5.56 Å². The van der Waals surface area contributed by atoms with E-state index in [1.807, 2.05) is 6.07 Å². The fraction of sp³-hybridized carbons (Fsp3) is 0.545. The van der Waals surface area contributed by atoms with Crippen LogP contribution in [-0.4, -0.2) is 0 Å². The summed E-state index contributed by atoms with van der Waals surface area (Å²) in [5, 5.41) is 3.43. The molecule has 2 aromatic carbocycles. The van der Waals surface area contributed by atoms with Gasteiger partial charge in [0.25, 0.3) is 0 Å². The maximum absolute atomic E-state index is 6.11. The average Bonchev–Trinajstić information content (AvgIpc) is 2.60. The van der Waals surface area contributed by atoms with E-state index in [0.717, 1.165) is 28.7 Å². The first-order chi connectivity index (χ1) is 11.2. The summed E-state index contributed by atoms with van der Waals surface area (Å²) in [6, 6.07) is 13.3. The molecule has 122 valence electrons. The molecule has 2 aromatic rings. The van der Waals surface area contributed by atoms with Gasteiger partial charge in [0.2, 0.25) is 0 Å². The third kappa shape index (κ3) is 3.15. The number of hydrogen-bond donors (Lipinski definition) is 0. The molecule has 0 amide bonds. The summed E-state index contributed by atoms with van der Waals surface area (Å²) in [7, 11) is 0. The Balaban J connectivity index is 1.52. The fourth-order valence-electron chi connectivity index (χ4n) is 5.15. The van der Waals surface area contributed by atoms with Crippen LogP contribution in [0.15, 0.2) is 36.4 Å². The van der Waals surface area contributed by atoms with Crippen molar-refractivity contribution in [2.75, 3.05) is 0 Å². The van der Waals surface area contributed by atoms with Crippen LogP contribution in [-0.2, 0) is 0 Å². The second kappa shape index (κ2) is 6.48. The van der Waals surface area contributed by atoms with Crippen LogP contribution in [0, 0.1) is 17.8 Å². The van der Waals surface area contributed by atoms with Crippen LogP contribution < -0.4 is 0 Å². The van der Waals surface area contributed by atoms with Crippen molar-refractivity contribution in [1.82, 2.24) is 0 Å². The maximum Gasteiger partial charge on any atom is 0.0412 e. The van der Waals surface area contributed by atoms with Crippen molar-refractivity contribution in [3.05, 3.63) is 47.0 Å². The number of benzene rings is 2. The molecule has 2 saturated carbocycles. The van der Waals surface area contributed by atoms with Crippen molar-refractivity contribution in [3.63, 3.8) is 0 Å². The van der Waals surface area contributed by atoms with E-state index in [9.17, 15) is 0 Å². The van der Waals surface area contributed by atoms with Gasteiger partial charge in [0.1, 0.15) is 0 Å². The Labute approximate surface area is 145 Å². The standard InChI is InChI=1S/C22H27Cl/c1-2-15-3-4-17-12-18(6-5-16(17)11-15)19-7-8-21-14-22(23)10-9-20(21)13-19/h7-10,13-18H,2-6,11-12H2,1H3/t15-,16?,17-,18?/m1/s1. The molecule has 0 saturated heterocycles. The molecule has 4 rings (SSSR count). The molecule has 2 unspecified atom stereocenters. The molecule has 2 aliphatic carbocycles.